The summed E-state index contributed by atoms with van der Waals surface area (Å²) < 4.78 is 53.5. The molecule has 1 fully saturated rings. The number of sulfonamides is 1. The van der Waals surface area contributed by atoms with Gasteiger partial charge in [0.05, 0.1) is 0 Å². The van der Waals surface area contributed by atoms with Crippen LogP contribution in [0.2, 0.25) is 0 Å². The molecule has 0 spiro atoms. The molecule has 2 rings (SSSR count). The van der Waals surface area contributed by atoms with Gasteiger partial charge in [-0.1, -0.05) is 6.92 Å². The zero-order valence-electron chi connectivity index (χ0n) is 11.5. The second-order valence-electron chi connectivity index (χ2n) is 5.18. The lowest BCUT2D eigenvalue weighted by Gasteiger charge is -2.17. The van der Waals surface area contributed by atoms with Crippen molar-refractivity contribution >= 4 is 10.0 Å². The highest BCUT2D eigenvalue weighted by atomic mass is 32.2. The van der Waals surface area contributed by atoms with Gasteiger partial charge >= 0.3 is 0 Å². The van der Waals surface area contributed by atoms with Gasteiger partial charge in [0.15, 0.2) is 11.6 Å². The summed E-state index contributed by atoms with van der Waals surface area (Å²) >= 11 is 0. The maximum atomic E-state index is 13.9. The molecule has 4 nitrogen and oxygen atoms in total. The minimum Gasteiger partial charge on any atom is -0.316 e. The van der Waals surface area contributed by atoms with Gasteiger partial charge < -0.3 is 5.32 Å². The Hall–Kier alpha value is -1.05. The maximum Gasteiger partial charge on any atom is 0.246 e. The first-order valence-electron chi connectivity index (χ1n) is 6.49. The summed E-state index contributed by atoms with van der Waals surface area (Å²) in [5, 5.41) is 2.79. The molecule has 1 heterocycles. The highest BCUT2D eigenvalue weighted by molar-refractivity contribution is 7.89. The fourth-order valence-corrected chi connectivity index (χ4v) is 4.06. The first-order chi connectivity index (χ1) is 9.36. The van der Waals surface area contributed by atoms with E-state index < -0.39 is 26.6 Å². The summed E-state index contributed by atoms with van der Waals surface area (Å²) in [6.45, 7) is 2.90. The number of nitrogens with one attached hydrogen (secondary N) is 1. The Bertz CT molecular complexity index is 605. The average Bonchev–Trinajstić information content (AvgIpc) is 2.81. The second-order valence-corrected chi connectivity index (χ2v) is 7.08. The molecule has 1 unspecified atom stereocenters. The molecular weight excluding hydrogens is 286 g/mol. The van der Waals surface area contributed by atoms with Crippen LogP contribution in [0.15, 0.2) is 17.0 Å². The first-order valence-corrected chi connectivity index (χ1v) is 7.93. The van der Waals surface area contributed by atoms with E-state index in [1.54, 1.807) is 7.05 Å². The van der Waals surface area contributed by atoms with E-state index in [4.69, 9.17) is 0 Å². The molecule has 1 N–H and O–H groups in total. The molecule has 0 aliphatic carbocycles. The van der Waals surface area contributed by atoms with E-state index in [2.05, 4.69) is 5.32 Å². The van der Waals surface area contributed by atoms with Crippen LogP contribution in [0, 0.1) is 17.6 Å². The Morgan fingerprint density at radius 2 is 2.10 bits per heavy atom. The molecule has 0 saturated carbocycles. The van der Waals surface area contributed by atoms with Crippen molar-refractivity contribution in [1.82, 2.24) is 9.62 Å². The van der Waals surface area contributed by atoms with Crippen molar-refractivity contribution in [1.29, 1.82) is 0 Å². The summed E-state index contributed by atoms with van der Waals surface area (Å²) in [7, 11) is -2.32. The van der Waals surface area contributed by atoms with Gasteiger partial charge in [0.2, 0.25) is 10.0 Å². The standard InChI is InChI=1S/C13H18F2N2O2S/c1-9-3-4-17(8-9)20(18,19)12-6-10(7-16-2)5-11(14)13(12)15/h5-6,9,16H,3-4,7-8H2,1-2H3. The van der Waals surface area contributed by atoms with Crippen LogP contribution in [0.5, 0.6) is 0 Å². The van der Waals surface area contributed by atoms with E-state index in [0.29, 0.717) is 18.7 Å². The van der Waals surface area contributed by atoms with Crippen molar-refractivity contribution in [2.45, 2.75) is 24.8 Å². The normalized spacial score (nSPS) is 20.5. The number of hydrogen-bond donors (Lipinski definition) is 1. The molecule has 1 aliphatic heterocycles. The molecule has 0 amide bonds. The third-order valence-corrected chi connectivity index (χ3v) is 5.30. The van der Waals surface area contributed by atoms with Crippen molar-refractivity contribution in [3.05, 3.63) is 29.3 Å². The Balaban J connectivity index is 2.45. The molecule has 1 aromatic rings. The van der Waals surface area contributed by atoms with E-state index in [0.717, 1.165) is 12.5 Å². The van der Waals surface area contributed by atoms with Crippen LogP contribution in [-0.2, 0) is 16.6 Å². The zero-order valence-corrected chi connectivity index (χ0v) is 12.3. The van der Waals surface area contributed by atoms with E-state index in [-0.39, 0.29) is 12.5 Å². The summed E-state index contributed by atoms with van der Waals surface area (Å²) in [6, 6.07) is 2.21. The van der Waals surface area contributed by atoms with Crippen molar-refractivity contribution in [2.24, 2.45) is 5.92 Å². The highest BCUT2D eigenvalue weighted by Gasteiger charge is 2.33. The lowest BCUT2D eigenvalue weighted by molar-refractivity contribution is 0.445. The van der Waals surface area contributed by atoms with E-state index in [1.165, 1.54) is 10.4 Å². The monoisotopic (exact) mass is 304 g/mol. The molecule has 1 aromatic carbocycles. The molecule has 112 valence electrons. The van der Waals surface area contributed by atoms with Gasteiger partial charge in [-0.25, -0.2) is 17.2 Å². The van der Waals surface area contributed by atoms with E-state index in [9.17, 15) is 17.2 Å². The van der Waals surface area contributed by atoms with Crippen LogP contribution in [0.4, 0.5) is 8.78 Å². The molecule has 1 atom stereocenters. The Morgan fingerprint density at radius 1 is 1.40 bits per heavy atom. The fourth-order valence-electron chi connectivity index (χ4n) is 2.36. The summed E-state index contributed by atoms with van der Waals surface area (Å²) in [6.07, 6.45) is 0.736. The lowest BCUT2D eigenvalue weighted by Crippen LogP contribution is -2.29. The highest BCUT2D eigenvalue weighted by Crippen LogP contribution is 2.27. The number of nitrogens with zero attached hydrogens (tertiary/aromatic N) is 1. The topological polar surface area (TPSA) is 49.4 Å². The van der Waals surface area contributed by atoms with Gasteiger partial charge in [-0.3, -0.25) is 0 Å². The number of benzene rings is 1. The zero-order chi connectivity index (χ0) is 14.9. The predicted octanol–water partition coefficient (Wildman–Crippen LogP) is 1.71. The van der Waals surface area contributed by atoms with Crippen LogP contribution in [-0.4, -0.2) is 32.9 Å². The third-order valence-electron chi connectivity index (χ3n) is 3.44. The minimum atomic E-state index is -3.98. The minimum absolute atomic E-state index is 0.234. The van der Waals surface area contributed by atoms with Crippen molar-refractivity contribution in [2.75, 3.05) is 20.1 Å². The van der Waals surface area contributed by atoms with Gasteiger partial charge in [0, 0.05) is 19.6 Å². The third kappa shape index (κ3) is 2.84. The van der Waals surface area contributed by atoms with Gasteiger partial charge in [-0.05, 0) is 37.1 Å². The van der Waals surface area contributed by atoms with Crippen LogP contribution in [0.3, 0.4) is 0 Å². The molecule has 0 bridgehead atoms. The largest absolute Gasteiger partial charge is 0.316 e. The van der Waals surface area contributed by atoms with Crippen LogP contribution in [0.1, 0.15) is 18.9 Å². The number of halogens is 2. The summed E-state index contributed by atoms with van der Waals surface area (Å²) in [5.41, 5.74) is 0.400. The molecule has 0 radical (unpaired) electrons. The molecule has 7 heteroatoms. The first kappa shape index (κ1) is 15.3. The van der Waals surface area contributed by atoms with Gasteiger partial charge in [0.1, 0.15) is 4.90 Å². The fraction of sp³-hybridized carbons (Fsp3) is 0.538. The van der Waals surface area contributed by atoms with Crippen LogP contribution < -0.4 is 5.32 Å². The Morgan fingerprint density at radius 3 is 2.65 bits per heavy atom. The number of rotatable bonds is 4. The molecule has 20 heavy (non-hydrogen) atoms. The summed E-state index contributed by atoms with van der Waals surface area (Å²) in [5.74, 6) is -2.20. The average molecular weight is 304 g/mol. The molecular formula is C13H18F2N2O2S. The number of hydrogen-bond acceptors (Lipinski definition) is 3. The van der Waals surface area contributed by atoms with E-state index in [1.807, 2.05) is 6.92 Å². The lowest BCUT2D eigenvalue weighted by atomic mass is 10.2. The van der Waals surface area contributed by atoms with Crippen molar-refractivity contribution < 1.29 is 17.2 Å². The van der Waals surface area contributed by atoms with E-state index >= 15 is 0 Å². The molecule has 1 saturated heterocycles. The Labute approximate surface area is 117 Å². The van der Waals surface area contributed by atoms with Crippen LogP contribution in [0.25, 0.3) is 0 Å². The summed E-state index contributed by atoms with van der Waals surface area (Å²) in [4.78, 5) is -0.572. The molecule has 0 aromatic heterocycles. The Kier molecular flexibility index (Phi) is 4.41. The molecule has 1 aliphatic rings. The SMILES string of the molecule is CNCc1cc(F)c(F)c(S(=O)(=O)N2CCC(C)C2)c1. The van der Waals surface area contributed by atoms with Gasteiger partial charge in [0.25, 0.3) is 0 Å². The van der Waals surface area contributed by atoms with Gasteiger partial charge in [-0.15, -0.1) is 0 Å². The van der Waals surface area contributed by atoms with Crippen LogP contribution >= 0.6 is 0 Å². The van der Waals surface area contributed by atoms with Crippen molar-refractivity contribution in [3.63, 3.8) is 0 Å². The predicted molar refractivity (Wildman–Crippen MR) is 71.7 cm³/mol. The smallest absolute Gasteiger partial charge is 0.246 e. The quantitative estimate of drug-likeness (QED) is 0.921. The van der Waals surface area contributed by atoms with Crippen molar-refractivity contribution in [3.8, 4) is 0 Å². The maximum absolute atomic E-state index is 13.9. The second kappa shape index (κ2) is 5.75. The van der Waals surface area contributed by atoms with Gasteiger partial charge in [-0.2, -0.15) is 4.31 Å².